The standard InChI is InChI=1S/C15H22F3NO2/c1-20-10-11-21-9-3-2-8-19-12-13-4-6-14(7-5-13)15(16,17)18/h4-7,19H,2-3,8-12H2,1H3. The molecule has 1 aromatic rings. The molecule has 0 radical (unpaired) electrons. The summed E-state index contributed by atoms with van der Waals surface area (Å²) in [6.07, 6.45) is -2.36. The highest BCUT2D eigenvalue weighted by Crippen LogP contribution is 2.28. The van der Waals surface area contributed by atoms with Crippen molar-refractivity contribution in [3.05, 3.63) is 35.4 Å². The van der Waals surface area contributed by atoms with Gasteiger partial charge in [0.1, 0.15) is 0 Å². The van der Waals surface area contributed by atoms with Crippen LogP contribution >= 0.6 is 0 Å². The SMILES string of the molecule is COCCOCCCCNCc1ccc(C(F)(F)F)cc1. The maximum absolute atomic E-state index is 12.4. The lowest BCUT2D eigenvalue weighted by atomic mass is 10.1. The summed E-state index contributed by atoms with van der Waals surface area (Å²) < 4.78 is 47.3. The molecule has 0 aliphatic carbocycles. The molecule has 120 valence electrons. The van der Waals surface area contributed by atoms with E-state index in [-0.39, 0.29) is 0 Å². The zero-order valence-electron chi connectivity index (χ0n) is 12.2. The van der Waals surface area contributed by atoms with Crippen LogP contribution in [0.4, 0.5) is 13.2 Å². The zero-order valence-corrected chi connectivity index (χ0v) is 12.2. The van der Waals surface area contributed by atoms with Crippen LogP contribution in [0.1, 0.15) is 24.0 Å². The molecule has 6 heteroatoms. The van der Waals surface area contributed by atoms with Crippen molar-refractivity contribution >= 4 is 0 Å². The molecule has 0 aromatic heterocycles. The Balaban J connectivity index is 2.08. The summed E-state index contributed by atoms with van der Waals surface area (Å²) in [5, 5.41) is 3.20. The Labute approximate surface area is 123 Å². The van der Waals surface area contributed by atoms with E-state index in [2.05, 4.69) is 5.32 Å². The van der Waals surface area contributed by atoms with E-state index in [1.165, 1.54) is 12.1 Å². The molecule has 0 bridgehead atoms. The number of ether oxygens (including phenoxy) is 2. The number of halogens is 3. The maximum atomic E-state index is 12.4. The van der Waals surface area contributed by atoms with Crippen molar-refractivity contribution in [1.29, 1.82) is 0 Å². The molecule has 3 nitrogen and oxygen atoms in total. The lowest BCUT2D eigenvalue weighted by Gasteiger charge is -2.08. The molecule has 1 aromatic carbocycles. The van der Waals surface area contributed by atoms with Gasteiger partial charge in [0.25, 0.3) is 0 Å². The van der Waals surface area contributed by atoms with Gasteiger partial charge in [-0.05, 0) is 37.1 Å². The van der Waals surface area contributed by atoms with Gasteiger partial charge in [-0.1, -0.05) is 12.1 Å². The number of hydrogen-bond acceptors (Lipinski definition) is 3. The van der Waals surface area contributed by atoms with Gasteiger partial charge in [0, 0.05) is 20.3 Å². The number of nitrogens with one attached hydrogen (secondary N) is 1. The quantitative estimate of drug-likeness (QED) is 0.673. The fourth-order valence-electron chi connectivity index (χ4n) is 1.74. The second-order valence-electron chi connectivity index (χ2n) is 4.68. The van der Waals surface area contributed by atoms with E-state index in [1.54, 1.807) is 7.11 Å². The summed E-state index contributed by atoms with van der Waals surface area (Å²) in [4.78, 5) is 0. The Bertz CT molecular complexity index is 380. The fourth-order valence-corrected chi connectivity index (χ4v) is 1.74. The van der Waals surface area contributed by atoms with Crippen LogP contribution < -0.4 is 5.32 Å². The second-order valence-corrected chi connectivity index (χ2v) is 4.68. The number of rotatable bonds is 10. The predicted molar refractivity (Wildman–Crippen MR) is 75.1 cm³/mol. The Morgan fingerprint density at radius 1 is 1.00 bits per heavy atom. The van der Waals surface area contributed by atoms with Gasteiger partial charge in [-0.15, -0.1) is 0 Å². The first-order chi connectivity index (χ1) is 10.0. The fraction of sp³-hybridized carbons (Fsp3) is 0.600. The van der Waals surface area contributed by atoms with Crippen LogP contribution in [-0.4, -0.2) is 33.5 Å². The third kappa shape index (κ3) is 8.04. The van der Waals surface area contributed by atoms with Crippen LogP contribution in [0.2, 0.25) is 0 Å². The molecular formula is C15H22F3NO2. The Hall–Kier alpha value is -1.11. The third-order valence-corrected chi connectivity index (χ3v) is 2.93. The van der Waals surface area contributed by atoms with E-state index in [0.717, 1.165) is 37.1 Å². The number of alkyl halides is 3. The maximum Gasteiger partial charge on any atom is 0.416 e. The average Bonchev–Trinajstić information content (AvgIpc) is 2.45. The monoisotopic (exact) mass is 305 g/mol. The Morgan fingerprint density at radius 2 is 1.71 bits per heavy atom. The van der Waals surface area contributed by atoms with Crippen molar-refractivity contribution < 1.29 is 22.6 Å². The van der Waals surface area contributed by atoms with Gasteiger partial charge in [-0.25, -0.2) is 0 Å². The van der Waals surface area contributed by atoms with Gasteiger partial charge < -0.3 is 14.8 Å². The molecule has 0 saturated carbocycles. The minimum absolute atomic E-state index is 0.572. The molecule has 0 heterocycles. The van der Waals surface area contributed by atoms with Crippen molar-refractivity contribution in [2.45, 2.75) is 25.6 Å². The first-order valence-corrected chi connectivity index (χ1v) is 6.97. The molecule has 1 N–H and O–H groups in total. The zero-order chi connectivity index (χ0) is 15.6. The van der Waals surface area contributed by atoms with Crippen LogP contribution in [0.5, 0.6) is 0 Å². The van der Waals surface area contributed by atoms with Crippen molar-refractivity contribution in [3.63, 3.8) is 0 Å². The summed E-state index contributed by atoms with van der Waals surface area (Å²) in [6, 6.07) is 5.23. The van der Waals surface area contributed by atoms with E-state index in [0.29, 0.717) is 26.4 Å². The van der Waals surface area contributed by atoms with Gasteiger partial charge in [0.05, 0.1) is 18.8 Å². The smallest absolute Gasteiger partial charge is 0.382 e. The molecule has 0 spiro atoms. The van der Waals surface area contributed by atoms with Gasteiger partial charge in [0.2, 0.25) is 0 Å². The molecule has 0 amide bonds. The van der Waals surface area contributed by atoms with Gasteiger partial charge in [-0.3, -0.25) is 0 Å². The lowest BCUT2D eigenvalue weighted by Crippen LogP contribution is -2.15. The van der Waals surface area contributed by atoms with Crippen LogP contribution in [0.3, 0.4) is 0 Å². The molecule has 0 aliphatic heterocycles. The number of methoxy groups -OCH3 is 1. The Kier molecular flexibility index (Phi) is 8.34. The third-order valence-electron chi connectivity index (χ3n) is 2.93. The summed E-state index contributed by atoms with van der Waals surface area (Å²) in [5.41, 5.74) is 0.235. The van der Waals surface area contributed by atoms with Gasteiger partial charge >= 0.3 is 6.18 Å². The highest BCUT2D eigenvalue weighted by Gasteiger charge is 2.29. The lowest BCUT2D eigenvalue weighted by molar-refractivity contribution is -0.137. The van der Waals surface area contributed by atoms with Crippen molar-refractivity contribution in [3.8, 4) is 0 Å². The molecule has 0 atom stereocenters. The minimum atomic E-state index is -4.27. The summed E-state index contributed by atoms with van der Waals surface area (Å²) in [6.45, 7) is 3.30. The van der Waals surface area contributed by atoms with Crippen LogP contribution in [0.15, 0.2) is 24.3 Å². The molecule has 1 rings (SSSR count). The number of unbranched alkanes of at least 4 members (excludes halogenated alkanes) is 1. The predicted octanol–water partition coefficient (Wildman–Crippen LogP) is 3.24. The molecule has 0 aliphatic rings. The normalized spacial score (nSPS) is 11.8. The van der Waals surface area contributed by atoms with E-state index in [4.69, 9.17) is 9.47 Å². The number of hydrogen-bond donors (Lipinski definition) is 1. The van der Waals surface area contributed by atoms with Gasteiger partial charge in [0.15, 0.2) is 0 Å². The molecule has 0 fully saturated rings. The number of benzene rings is 1. The van der Waals surface area contributed by atoms with Crippen LogP contribution in [0, 0.1) is 0 Å². The Morgan fingerprint density at radius 3 is 2.33 bits per heavy atom. The molecular weight excluding hydrogens is 283 g/mol. The topological polar surface area (TPSA) is 30.5 Å². The van der Waals surface area contributed by atoms with Crippen LogP contribution in [0.25, 0.3) is 0 Å². The minimum Gasteiger partial charge on any atom is -0.382 e. The van der Waals surface area contributed by atoms with E-state index >= 15 is 0 Å². The van der Waals surface area contributed by atoms with Crippen molar-refractivity contribution in [1.82, 2.24) is 5.32 Å². The first-order valence-electron chi connectivity index (χ1n) is 6.97. The van der Waals surface area contributed by atoms with Crippen LogP contribution in [-0.2, 0) is 22.2 Å². The average molecular weight is 305 g/mol. The highest BCUT2D eigenvalue weighted by molar-refractivity contribution is 5.24. The van der Waals surface area contributed by atoms with Gasteiger partial charge in [-0.2, -0.15) is 13.2 Å². The second kappa shape index (κ2) is 9.76. The van der Waals surface area contributed by atoms with E-state index in [1.807, 2.05) is 0 Å². The van der Waals surface area contributed by atoms with E-state index < -0.39 is 11.7 Å². The summed E-state index contributed by atoms with van der Waals surface area (Å²) in [5.74, 6) is 0. The molecule has 0 saturated heterocycles. The van der Waals surface area contributed by atoms with Crippen molar-refractivity contribution in [2.24, 2.45) is 0 Å². The summed E-state index contributed by atoms with van der Waals surface area (Å²) in [7, 11) is 1.63. The van der Waals surface area contributed by atoms with Crippen molar-refractivity contribution in [2.75, 3.05) is 33.5 Å². The highest BCUT2D eigenvalue weighted by atomic mass is 19.4. The first kappa shape index (κ1) is 17.9. The largest absolute Gasteiger partial charge is 0.416 e. The summed E-state index contributed by atoms with van der Waals surface area (Å²) >= 11 is 0. The van der Waals surface area contributed by atoms with E-state index in [9.17, 15) is 13.2 Å². The molecule has 0 unspecified atom stereocenters. The molecule has 21 heavy (non-hydrogen) atoms.